The average Bonchev–Trinajstić information content (AvgIpc) is 2.56. The molecule has 0 aromatic heterocycles. The van der Waals surface area contributed by atoms with E-state index in [0.29, 0.717) is 25.6 Å². The quantitative estimate of drug-likeness (QED) is 0.708. The fraction of sp³-hybridized carbons (Fsp3) is 0.846. The molecule has 4 heteroatoms. The summed E-state index contributed by atoms with van der Waals surface area (Å²) in [4.78, 5) is 23.7. The maximum atomic E-state index is 11.9. The molecule has 17 heavy (non-hydrogen) atoms. The van der Waals surface area contributed by atoms with Crippen molar-refractivity contribution in [1.82, 2.24) is 0 Å². The summed E-state index contributed by atoms with van der Waals surface area (Å²) in [6.45, 7) is 8.33. The number of ether oxygens (including phenoxy) is 2. The lowest BCUT2D eigenvalue weighted by atomic mass is 9.89. The van der Waals surface area contributed by atoms with Crippen molar-refractivity contribution in [2.75, 3.05) is 13.2 Å². The Kier molecular flexibility index (Phi) is 4.97. The number of rotatable bonds is 4. The van der Waals surface area contributed by atoms with E-state index in [4.69, 9.17) is 9.47 Å². The molecule has 1 fully saturated rings. The van der Waals surface area contributed by atoms with Crippen LogP contribution in [0, 0.1) is 23.7 Å². The molecular formula is C13H22O4. The topological polar surface area (TPSA) is 52.6 Å². The molecule has 98 valence electrons. The van der Waals surface area contributed by atoms with Crippen LogP contribution in [0.25, 0.3) is 0 Å². The Labute approximate surface area is 103 Å². The summed E-state index contributed by atoms with van der Waals surface area (Å²) in [5, 5.41) is 0. The highest BCUT2D eigenvalue weighted by Crippen LogP contribution is 2.42. The van der Waals surface area contributed by atoms with E-state index in [2.05, 4.69) is 6.92 Å². The molecule has 4 unspecified atom stereocenters. The Morgan fingerprint density at radius 2 is 1.59 bits per heavy atom. The molecule has 4 nitrogen and oxygen atoms in total. The van der Waals surface area contributed by atoms with Gasteiger partial charge in [-0.3, -0.25) is 9.59 Å². The van der Waals surface area contributed by atoms with E-state index >= 15 is 0 Å². The largest absolute Gasteiger partial charge is 0.466 e. The summed E-state index contributed by atoms with van der Waals surface area (Å²) in [5.41, 5.74) is 0. The molecule has 0 bridgehead atoms. The third-order valence-corrected chi connectivity index (χ3v) is 3.67. The van der Waals surface area contributed by atoms with Crippen LogP contribution >= 0.6 is 0 Å². The van der Waals surface area contributed by atoms with Crippen molar-refractivity contribution in [3.8, 4) is 0 Å². The zero-order chi connectivity index (χ0) is 13.0. The van der Waals surface area contributed by atoms with Gasteiger partial charge < -0.3 is 9.47 Å². The van der Waals surface area contributed by atoms with Crippen LogP contribution in [0.5, 0.6) is 0 Å². The molecule has 0 aromatic rings. The Morgan fingerprint density at radius 3 is 2.12 bits per heavy atom. The van der Waals surface area contributed by atoms with Crippen LogP contribution in [-0.4, -0.2) is 25.2 Å². The SMILES string of the molecule is CCOC(=O)C1CC(C)C(C)C1C(=O)OCC. The molecular weight excluding hydrogens is 220 g/mol. The van der Waals surface area contributed by atoms with E-state index in [-0.39, 0.29) is 29.7 Å². The molecule has 1 rings (SSSR count). The lowest BCUT2D eigenvalue weighted by molar-refractivity contribution is -0.160. The molecule has 1 saturated carbocycles. The second kappa shape index (κ2) is 6.03. The van der Waals surface area contributed by atoms with Gasteiger partial charge in [-0.05, 0) is 32.1 Å². The van der Waals surface area contributed by atoms with Crippen molar-refractivity contribution in [1.29, 1.82) is 0 Å². The Morgan fingerprint density at radius 1 is 1.06 bits per heavy atom. The first-order valence-electron chi connectivity index (χ1n) is 6.36. The van der Waals surface area contributed by atoms with Crippen molar-refractivity contribution in [3.05, 3.63) is 0 Å². The van der Waals surface area contributed by atoms with Crippen LogP contribution in [0.4, 0.5) is 0 Å². The van der Waals surface area contributed by atoms with Gasteiger partial charge >= 0.3 is 11.9 Å². The summed E-state index contributed by atoms with van der Waals surface area (Å²) in [6, 6.07) is 0. The fourth-order valence-corrected chi connectivity index (χ4v) is 2.59. The molecule has 0 aromatic carbocycles. The smallest absolute Gasteiger partial charge is 0.310 e. The summed E-state index contributed by atoms with van der Waals surface area (Å²) < 4.78 is 10.1. The highest BCUT2D eigenvalue weighted by molar-refractivity contribution is 5.83. The number of carbonyl (C=O) groups is 2. The summed E-state index contributed by atoms with van der Waals surface area (Å²) >= 11 is 0. The van der Waals surface area contributed by atoms with Crippen LogP contribution in [0.1, 0.15) is 34.1 Å². The normalized spacial score (nSPS) is 32.2. The van der Waals surface area contributed by atoms with Crippen molar-refractivity contribution < 1.29 is 19.1 Å². The second-order valence-electron chi connectivity index (χ2n) is 4.71. The maximum absolute atomic E-state index is 11.9. The predicted molar refractivity (Wildman–Crippen MR) is 63.2 cm³/mol. The lowest BCUT2D eigenvalue weighted by Crippen LogP contribution is -2.31. The van der Waals surface area contributed by atoms with Crippen LogP contribution in [-0.2, 0) is 19.1 Å². The lowest BCUT2D eigenvalue weighted by Gasteiger charge is -2.20. The van der Waals surface area contributed by atoms with E-state index in [9.17, 15) is 9.59 Å². The molecule has 0 radical (unpaired) electrons. The Bertz CT molecular complexity index is 287. The van der Waals surface area contributed by atoms with E-state index in [1.807, 2.05) is 6.92 Å². The molecule has 0 aliphatic heterocycles. The van der Waals surface area contributed by atoms with Crippen LogP contribution < -0.4 is 0 Å². The van der Waals surface area contributed by atoms with Gasteiger partial charge in [-0.2, -0.15) is 0 Å². The van der Waals surface area contributed by atoms with Gasteiger partial charge in [-0.15, -0.1) is 0 Å². The Hall–Kier alpha value is -1.06. The molecule has 0 spiro atoms. The van der Waals surface area contributed by atoms with Gasteiger partial charge in [0, 0.05) is 0 Å². The number of hydrogen-bond donors (Lipinski definition) is 0. The first kappa shape index (κ1) is 14.0. The van der Waals surface area contributed by atoms with Gasteiger partial charge in [0.15, 0.2) is 0 Å². The summed E-state index contributed by atoms with van der Waals surface area (Å²) in [6.07, 6.45) is 0.712. The monoisotopic (exact) mass is 242 g/mol. The van der Waals surface area contributed by atoms with Gasteiger partial charge in [-0.25, -0.2) is 0 Å². The minimum Gasteiger partial charge on any atom is -0.466 e. The molecule has 0 N–H and O–H groups in total. The summed E-state index contributed by atoms with van der Waals surface area (Å²) in [5.74, 6) is -0.686. The number of hydrogen-bond acceptors (Lipinski definition) is 4. The zero-order valence-corrected chi connectivity index (χ0v) is 11.1. The molecule has 4 atom stereocenters. The average molecular weight is 242 g/mol. The number of carbonyl (C=O) groups excluding carboxylic acids is 2. The molecule has 0 amide bonds. The van der Waals surface area contributed by atoms with Crippen LogP contribution in [0.3, 0.4) is 0 Å². The van der Waals surface area contributed by atoms with E-state index in [0.717, 1.165) is 0 Å². The minimum absolute atomic E-state index is 0.170. The van der Waals surface area contributed by atoms with Gasteiger partial charge in [-0.1, -0.05) is 13.8 Å². The highest BCUT2D eigenvalue weighted by atomic mass is 16.5. The van der Waals surface area contributed by atoms with E-state index in [1.54, 1.807) is 13.8 Å². The highest BCUT2D eigenvalue weighted by Gasteiger charge is 2.47. The van der Waals surface area contributed by atoms with Gasteiger partial charge in [0.1, 0.15) is 0 Å². The van der Waals surface area contributed by atoms with E-state index < -0.39 is 0 Å². The second-order valence-corrected chi connectivity index (χ2v) is 4.71. The van der Waals surface area contributed by atoms with Crippen LogP contribution in [0.15, 0.2) is 0 Å². The predicted octanol–water partition coefficient (Wildman–Crippen LogP) is 2.02. The Balaban J connectivity index is 2.80. The summed E-state index contributed by atoms with van der Waals surface area (Å²) in [7, 11) is 0. The first-order valence-corrected chi connectivity index (χ1v) is 6.36. The van der Waals surface area contributed by atoms with Crippen molar-refractivity contribution >= 4 is 11.9 Å². The third-order valence-electron chi connectivity index (χ3n) is 3.67. The van der Waals surface area contributed by atoms with Gasteiger partial charge in [0.25, 0.3) is 0 Å². The molecule has 0 saturated heterocycles. The van der Waals surface area contributed by atoms with Crippen molar-refractivity contribution in [3.63, 3.8) is 0 Å². The molecule has 1 aliphatic carbocycles. The zero-order valence-electron chi connectivity index (χ0n) is 11.1. The van der Waals surface area contributed by atoms with Crippen LogP contribution in [0.2, 0.25) is 0 Å². The van der Waals surface area contributed by atoms with Crippen molar-refractivity contribution in [2.45, 2.75) is 34.1 Å². The first-order chi connectivity index (χ1) is 8.02. The van der Waals surface area contributed by atoms with E-state index in [1.165, 1.54) is 0 Å². The van der Waals surface area contributed by atoms with Crippen molar-refractivity contribution in [2.24, 2.45) is 23.7 Å². The number of esters is 2. The minimum atomic E-state index is -0.344. The fourth-order valence-electron chi connectivity index (χ4n) is 2.59. The third kappa shape index (κ3) is 2.99. The standard InChI is InChI=1S/C13H22O4/c1-5-16-12(14)10-7-8(3)9(4)11(10)13(15)17-6-2/h8-11H,5-7H2,1-4H3. The van der Waals surface area contributed by atoms with Gasteiger partial charge in [0.2, 0.25) is 0 Å². The maximum Gasteiger partial charge on any atom is 0.310 e. The van der Waals surface area contributed by atoms with Gasteiger partial charge in [0.05, 0.1) is 25.0 Å². The molecule has 0 heterocycles. The molecule has 1 aliphatic rings.